The number of carboxylic acid groups (broad SMARTS) is 1. The Morgan fingerprint density at radius 2 is 1.65 bits per heavy atom. The summed E-state index contributed by atoms with van der Waals surface area (Å²) in [6.45, 7) is 11.8. The number of rotatable bonds is 20. The number of methoxy groups -OCH3 is 1. The summed E-state index contributed by atoms with van der Waals surface area (Å²) in [5.41, 5.74) is 1.16. The number of nitrogens with one attached hydrogen (secondary N) is 2. The quantitative estimate of drug-likeness (QED) is 0.161. The third-order valence-electron chi connectivity index (χ3n) is 10.2. The highest BCUT2D eigenvalue weighted by molar-refractivity contribution is 7.99. The summed E-state index contributed by atoms with van der Waals surface area (Å²) in [5.74, 6) is -1.63. The first-order valence-corrected chi connectivity index (χ1v) is 19.6. The van der Waals surface area contributed by atoms with Crippen LogP contribution in [-0.2, 0) is 30.3 Å². The highest BCUT2D eigenvalue weighted by Gasteiger charge is 2.40. The van der Waals surface area contributed by atoms with E-state index in [-0.39, 0.29) is 53.3 Å². The van der Waals surface area contributed by atoms with Crippen LogP contribution in [0.25, 0.3) is 0 Å². The summed E-state index contributed by atoms with van der Waals surface area (Å²) in [7, 11) is 4.57. The zero-order chi connectivity index (χ0) is 38.4. The fraction of sp³-hybridized carbons (Fsp3) is 0.711. The first kappa shape index (κ1) is 43.8. The topological polar surface area (TPSA) is 149 Å². The maximum atomic E-state index is 14.1. The molecule has 0 radical (unpaired) electrons. The molecule has 7 unspecified atom stereocenters. The molecule has 5 amide bonds. The van der Waals surface area contributed by atoms with E-state index < -0.39 is 36.2 Å². The number of ether oxygens (including phenoxy) is 1. The first-order valence-electron chi connectivity index (χ1n) is 18.3. The van der Waals surface area contributed by atoms with Gasteiger partial charge in [-0.15, -0.1) is 11.8 Å². The van der Waals surface area contributed by atoms with E-state index in [0.29, 0.717) is 19.4 Å². The average molecular weight is 734 g/mol. The molecule has 1 aromatic carbocycles. The van der Waals surface area contributed by atoms with Crippen molar-refractivity contribution in [2.45, 2.75) is 122 Å². The van der Waals surface area contributed by atoms with E-state index in [1.54, 1.807) is 44.7 Å². The van der Waals surface area contributed by atoms with E-state index >= 15 is 0 Å². The molecule has 288 valence electrons. The van der Waals surface area contributed by atoms with Crippen LogP contribution >= 0.6 is 11.8 Å². The van der Waals surface area contributed by atoms with Crippen LogP contribution in [0.4, 0.5) is 4.79 Å². The molecule has 1 fully saturated rings. The van der Waals surface area contributed by atoms with Crippen molar-refractivity contribution in [1.82, 2.24) is 25.3 Å². The van der Waals surface area contributed by atoms with Gasteiger partial charge in [0, 0.05) is 46.6 Å². The van der Waals surface area contributed by atoms with Gasteiger partial charge < -0.3 is 30.3 Å². The molecular weight excluding hydrogens is 671 g/mol. The van der Waals surface area contributed by atoms with Gasteiger partial charge in [0.2, 0.25) is 23.6 Å². The highest BCUT2D eigenvalue weighted by Crippen LogP contribution is 2.27. The Morgan fingerprint density at radius 3 is 2.18 bits per heavy atom. The number of carbonyl (C=O) groups is 5. The molecule has 0 bridgehead atoms. The largest absolute Gasteiger partial charge is 0.465 e. The molecule has 1 aliphatic rings. The van der Waals surface area contributed by atoms with Gasteiger partial charge in [-0.05, 0) is 48.8 Å². The minimum absolute atomic E-state index is 0.0302. The number of amides is 5. The van der Waals surface area contributed by atoms with E-state index in [1.165, 1.54) is 7.05 Å². The van der Waals surface area contributed by atoms with Crippen LogP contribution in [0.15, 0.2) is 30.3 Å². The van der Waals surface area contributed by atoms with Crippen LogP contribution in [0.3, 0.4) is 0 Å². The van der Waals surface area contributed by atoms with Gasteiger partial charge in [0.15, 0.2) is 0 Å². The Morgan fingerprint density at radius 1 is 1.00 bits per heavy atom. The number of benzene rings is 1. The number of likely N-dealkylation sites (N-methyl/N-ethyl adjacent to an activating group) is 2. The SMILES string of the molecule is CCC(C)C(C(CC(=O)N1CCCC1CCC(=O)NC(Cc1ccccc1)SC)OC)N(C)C(=O)C(NC(=O)C(C(C)C)N(C)C(=O)O)C(C)C. The Hall–Kier alpha value is -3.32. The van der Waals surface area contributed by atoms with Gasteiger partial charge in [-0.2, -0.15) is 0 Å². The molecule has 3 N–H and O–H groups in total. The van der Waals surface area contributed by atoms with Crippen LogP contribution in [-0.4, -0.2) is 119 Å². The van der Waals surface area contributed by atoms with E-state index in [0.717, 1.165) is 36.1 Å². The zero-order valence-electron chi connectivity index (χ0n) is 32.4. The second-order valence-corrected chi connectivity index (χ2v) is 15.6. The Balaban J connectivity index is 2.14. The van der Waals surface area contributed by atoms with E-state index in [9.17, 15) is 29.1 Å². The number of carbonyl (C=O) groups excluding carboxylic acids is 4. The lowest BCUT2D eigenvalue weighted by Crippen LogP contribution is -2.60. The minimum Gasteiger partial charge on any atom is -0.465 e. The average Bonchev–Trinajstić information content (AvgIpc) is 3.57. The van der Waals surface area contributed by atoms with Crippen molar-refractivity contribution in [3.8, 4) is 0 Å². The second kappa shape index (κ2) is 21.3. The summed E-state index contributed by atoms with van der Waals surface area (Å²) < 4.78 is 5.96. The summed E-state index contributed by atoms with van der Waals surface area (Å²) in [5, 5.41) is 15.5. The summed E-state index contributed by atoms with van der Waals surface area (Å²) >= 11 is 1.60. The predicted octanol–water partition coefficient (Wildman–Crippen LogP) is 4.86. The van der Waals surface area contributed by atoms with Crippen LogP contribution in [0.1, 0.15) is 85.6 Å². The zero-order valence-corrected chi connectivity index (χ0v) is 33.2. The first-order chi connectivity index (χ1) is 24.1. The smallest absolute Gasteiger partial charge is 0.407 e. The maximum Gasteiger partial charge on any atom is 0.407 e. The number of likely N-dealkylation sites (tertiary alicyclic amines) is 1. The molecule has 1 saturated heterocycles. The van der Waals surface area contributed by atoms with Gasteiger partial charge in [-0.3, -0.25) is 24.1 Å². The van der Waals surface area contributed by atoms with Gasteiger partial charge in [0.05, 0.1) is 23.9 Å². The number of thioether (sulfide) groups is 1. The fourth-order valence-corrected chi connectivity index (χ4v) is 7.68. The van der Waals surface area contributed by atoms with Crippen LogP contribution in [0.2, 0.25) is 0 Å². The third-order valence-corrected chi connectivity index (χ3v) is 11.1. The van der Waals surface area contributed by atoms with Gasteiger partial charge in [0.1, 0.15) is 12.1 Å². The van der Waals surface area contributed by atoms with Crippen molar-refractivity contribution in [1.29, 1.82) is 0 Å². The van der Waals surface area contributed by atoms with Crippen LogP contribution < -0.4 is 10.6 Å². The molecule has 0 spiro atoms. The number of hydrogen-bond donors (Lipinski definition) is 3. The van der Waals surface area contributed by atoms with Crippen molar-refractivity contribution in [3.63, 3.8) is 0 Å². The molecule has 0 saturated carbocycles. The molecule has 0 aliphatic carbocycles. The van der Waals surface area contributed by atoms with E-state index in [2.05, 4.69) is 22.8 Å². The molecule has 0 aromatic heterocycles. The molecule has 2 rings (SSSR count). The van der Waals surface area contributed by atoms with Crippen molar-refractivity contribution in [2.75, 3.05) is 34.0 Å². The molecule has 12 nitrogen and oxygen atoms in total. The van der Waals surface area contributed by atoms with Gasteiger partial charge >= 0.3 is 6.09 Å². The number of hydrogen-bond acceptors (Lipinski definition) is 7. The van der Waals surface area contributed by atoms with E-state index in [1.807, 2.05) is 57.0 Å². The maximum absolute atomic E-state index is 14.1. The Kier molecular flexibility index (Phi) is 18.3. The molecule has 7 atom stereocenters. The minimum atomic E-state index is -1.23. The van der Waals surface area contributed by atoms with Crippen molar-refractivity contribution >= 4 is 41.5 Å². The van der Waals surface area contributed by atoms with Gasteiger partial charge in [-0.1, -0.05) is 78.3 Å². The van der Waals surface area contributed by atoms with Crippen molar-refractivity contribution in [3.05, 3.63) is 35.9 Å². The lowest BCUT2D eigenvalue weighted by Gasteiger charge is -2.40. The normalized spacial score (nSPS) is 18.0. The van der Waals surface area contributed by atoms with Crippen LogP contribution in [0, 0.1) is 17.8 Å². The van der Waals surface area contributed by atoms with Gasteiger partial charge in [0.25, 0.3) is 0 Å². The molecule has 51 heavy (non-hydrogen) atoms. The molecule has 1 aromatic rings. The summed E-state index contributed by atoms with van der Waals surface area (Å²) in [6.07, 6.45) is 4.23. The van der Waals surface area contributed by atoms with Crippen molar-refractivity contribution < 1.29 is 33.8 Å². The number of nitrogens with zero attached hydrogens (tertiary/aromatic N) is 3. The lowest BCUT2D eigenvalue weighted by atomic mass is 9.89. The van der Waals surface area contributed by atoms with Crippen molar-refractivity contribution in [2.24, 2.45) is 17.8 Å². The fourth-order valence-electron chi connectivity index (χ4n) is 7.07. The summed E-state index contributed by atoms with van der Waals surface area (Å²) in [6, 6.07) is 7.64. The van der Waals surface area contributed by atoms with E-state index in [4.69, 9.17) is 4.74 Å². The molecule has 1 heterocycles. The monoisotopic (exact) mass is 733 g/mol. The molecule has 1 aliphatic heterocycles. The Bertz CT molecular complexity index is 1280. The van der Waals surface area contributed by atoms with Gasteiger partial charge in [-0.25, -0.2) is 4.79 Å². The second-order valence-electron chi connectivity index (χ2n) is 14.5. The predicted molar refractivity (Wildman–Crippen MR) is 202 cm³/mol. The molecular formula is C38H63N5O7S. The standard InChI is InChI=1S/C38H63N5O7S/c1-11-26(6)35(41(7)37(47)33(24(2)3)40-36(46)34(25(4)5)42(8)38(48)49)29(50-9)23-32(45)43-21-15-18-28(43)19-20-30(44)39-31(51-10)22-27-16-13-12-14-17-27/h12-14,16-17,24-26,28-29,31,33-35H,11,15,18-23H2,1-10H3,(H,39,44)(H,40,46)(H,48,49). The van der Waals surface area contributed by atoms with Crippen LogP contribution in [0.5, 0.6) is 0 Å². The lowest BCUT2D eigenvalue weighted by molar-refractivity contribution is -0.146. The Labute approximate surface area is 309 Å². The summed E-state index contributed by atoms with van der Waals surface area (Å²) in [4.78, 5) is 70.5. The molecule has 13 heteroatoms. The highest BCUT2D eigenvalue weighted by atomic mass is 32.2. The third kappa shape index (κ3) is 12.7.